The Bertz CT molecular complexity index is 309. The molecule has 0 bridgehead atoms. The van der Waals surface area contributed by atoms with Crippen molar-refractivity contribution in [2.75, 3.05) is 6.54 Å². The Morgan fingerprint density at radius 2 is 1.94 bits per heavy atom. The minimum absolute atomic E-state index is 0.170. The van der Waals surface area contributed by atoms with E-state index >= 15 is 0 Å². The lowest BCUT2D eigenvalue weighted by Gasteiger charge is -2.29. The number of nitrogens with one attached hydrogen (secondary N) is 1. The van der Waals surface area contributed by atoms with E-state index in [0.29, 0.717) is 6.42 Å². The summed E-state index contributed by atoms with van der Waals surface area (Å²) in [5.41, 5.74) is 0. The van der Waals surface area contributed by atoms with E-state index in [4.69, 9.17) is 0 Å². The molecule has 0 spiro atoms. The van der Waals surface area contributed by atoms with E-state index in [1.807, 2.05) is 13.8 Å². The Morgan fingerprint density at radius 1 is 1.39 bits per heavy atom. The predicted octanol–water partition coefficient (Wildman–Crippen LogP) is 2.08. The first-order valence-electron chi connectivity index (χ1n) is 5.87. The normalized spacial score (nSPS) is 25.6. The van der Waals surface area contributed by atoms with Crippen LogP contribution in [0.4, 0.5) is 17.6 Å². The molecule has 18 heavy (non-hydrogen) atoms. The van der Waals surface area contributed by atoms with Crippen LogP contribution in [0, 0.1) is 5.92 Å². The minimum atomic E-state index is -4.17. The zero-order valence-corrected chi connectivity index (χ0v) is 10.6. The fraction of sp³-hybridized carbons (Fsp3) is 0.909. The molecule has 1 amide bonds. The first kappa shape index (κ1) is 15.2. The minimum Gasteiger partial charge on any atom is -0.320 e. The summed E-state index contributed by atoms with van der Waals surface area (Å²) in [7, 11) is 0. The largest absolute Gasteiger partial charge is 0.324 e. The molecule has 0 aromatic heterocycles. The van der Waals surface area contributed by atoms with Crippen molar-refractivity contribution in [3.05, 3.63) is 0 Å². The molecule has 1 fully saturated rings. The van der Waals surface area contributed by atoms with Crippen LogP contribution in [0.15, 0.2) is 0 Å². The van der Waals surface area contributed by atoms with Crippen LogP contribution in [0.2, 0.25) is 0 Å². The van der Waals surface area contributed by atoms with Crippen molar-refractivity contribution < 1.29 is 22.4 Å². The van der Waals surface area contributed by atoms with Crippen LogP contribution < -0.4 is 5.32 Å². The molecule has 7 heteroatoms. The zero-order chi connectivity index (χ0) is 14.1. The molecule has 2 atom stereocenters. The molecule has 1 N–H and O–H groups in total. The topological polar surface area (TPSA) is 32.3 Å². The van der Waals surface area contributed by atoms with Crippen LogP contribution in [-0.4, -0.2) is 41.9 Å². The van der Waals surface area contributed by atoms with Gasteiger partial charge in [0.15, 0.2) is 0 Å². The van der Waals surface area contributed by atoms with Crippen LogP contribution in [0.25, 0.3) is 0 Å². The van der Waals surface area contributed by atoms with Crippen molar-refractivity contribution in [1.29, 1.82) is 0 Å². The molecule has 0 aliphatic carbocycles. The zero-order valence-electron chi connectivity index (χ0n) is 10.6. The average Bonchev–Trinajstić information content (AvgIpc) is 2.44. The molecule has 0 aromatic rings. The number of rotatable bonds is 5. The van der Waals surface area contributed by atoms with Crippen molar-refractivity contribution in [1.82, 2.24) is 10.2 Å². The summed E-state index contributed by atoms with van der Waals surface area (Å²) in [6.07, 6.45) is -3.91. The number of carbonyl (C=O) groups is 1. The number of amides is 1. The SMILES string of the molecule is CC(C)CC1NC(C)C(=O)N1CC(F)(F)C(F)F. The van der Waals surface area contributed by atoms with Crippen molar-refractivity contribution in [2.24, 2.45) is 5.92 Å². The van der Waals surface area contributed by atoms with E-state index < -0.39 is 37.0 Å². The van der Waals surface area contributed by atoms with Gasteiger partial charge in [0, 0.05) is 0 Å². The first-order chi connectivity index (χ1) is 8.15. The summed E-state index contributed by atoms with van der Waals surface area (Å²) in [5.74, 6) is -4.55. The van der Waals surface area contributed by atoms with Gasteiger partial charge >= 0.3 is 12.3 Å². The van der Waals surface area contributed by atoms with Crippen molar-refractivity contribution in [2.45, 2.75) is 51.7 Å². The maximum Gasteiger partial charge on any atom is 0.324 e. The van der Waals surface area contributed by atoms with Crippen LogP contribution >= 0.6 is 0 Å². The maximum absolute atomic E-state index is 13.0. The van der Waals surface area contributed by atoms with Gasteiger partial charge in [0.05, 0.1) is 18.8 Å². The van der Waals surface area contributed by atoms with Gasteiger partial charge in [-0.1, -0.05) is 13.8 Å². The lowest BCUT2D eigenvalue weighted by molar-refractivity contribution is -0.157. The molecular weight excluding hydrogens is 252 g/mol. The quantitative estimate of drug-likeness (QED) is 0.776. The van der Waals surface area contributed by atoms with Crippen LogP contribution in [-0.2, 0) is 4.79 Å². The molecule has 1 saturated heterocycles. The number of hydrogen-bond donors (Lipinski definition) is 1. The second-order valence-electron chi connectivity index (χ2n) is 5.06. The van der Waals surface area contributed by atoms with Crippen molar-refractivity contribution >= 4 is 5.91 Å². The highest BCUT2D eigenvalue weighted by molar-refractivity contribution is 5.84. The molecule has 0 aromatic carbocycles. The van der Waals surface area contributed by atoms with Crippen LogP contribution in [0.3, 0.4) is 0 Å². The Morgan fingerprint density at radius 3 is 2.39 bits per heavy atom. The number of carbonyl (C=O) groups excluding carboxylic acids is 1. The second-order valence-corrected chi connectivity index (χ2v) is 5.06. The highest BCUT2D eigenvalue weighted by atomic mass is 19.3. The summed E-state index contributed by atoms with van der Waals surface area (Å²) in [4.78, 5) is 12.5. The third kappa shape index (κ3) is 3.34. The van der Waals surface area contributed by atoms with E-state index in [-0.39, 0.29) is 5.92 Å². The van der Waals surface area contributed by atoms with E-state index in [2.05, 4.69) is 5.32 Å². The lowest BCUT2D eigenvalue weighted by Crippen LogP contribution is -2.47. The van der Waals surface area contributed by atoms with Gasteiger partial charge in [0.2, 0.25) is 5.91 Å². The third-order valence-electron chi connectivity index (χ3n) is 2.87. The van der Waals surface area contributed by atoms with E-state index in [9.17, 15) is 22.4 Å². The fourth-order valence-electron chi connectivity index (χ4n) is 1.98. The van der Waals surface area contributed by atoms with Crippen molar-refractivity contribution in [3.63, 3.8) is 0 Å². The van der Waals surface area contributed by atoms with Gasteiger partial charge in [-0.05, 0) is 19.3 Å². The smallest absolute Gasteiger partial charge is 0.320 e. The molecule has 1 aliphatic heterocycles. The van der Waals surface area contributed by atoms with Gasteiger partial charge in [0.25, 0.3) is 0 Å². The van der Waals surface area contributed by atoms with Gasteiger partial charge in [0.1, 0.15) is 0 Å². The summed E-state index contributed by atoms with van der Waals surface area (Å²) in [6, 6.07) is -0.609. The Hall–Kier alpha value is -0.850. The average molecular weight is 270 g/mol. The van der Waals surface area contributed by atoms with E-state index in [1.165, 1.54) is 6.92 Å². The summed E-state index contributed by atoms with van der Waals surface area (Å²) in [6.45, 7) is 4.05. The molecule has 3 nitrogen and oxygen atoms in total. The van der Waals surface area contributed by atoms with E-state index in [1.54, 1.807) is 0 Å². The molecule has 1 heterocycles. The molecule has 0 radical (unpaired) electrons. The van der Waals surface area contributed by atoms with Gasteiger partial charge in [-0.25, -0.2) is 8.78 Å². The molecule has 1 aliphatic rings. The molecule has 1 rings (SSSR count). The van der Waals surface area contributed by atoms with Gasteiger partial charge in [-0.2, -0.15) is 8.78 Å². The number of halogens is 4. The second kappa shape index (κ2) is 5.42. The highest BCUT2D eigenvalue weighted by Crippen LogP contribution is 2.27. The van der Waals surface area contributed by atoms with E-state index in [0.717, 1.165) is 4.90 Å². The van der Waals surface area contributed by atoms with Crippen molar-refractivity contribution in [3.8, 4) is 0 Å². The van der Waals surface area contributed by atoms with Gasteiger partial charge < -0.3 is 4.90 Å². The maximum atomic E-state index is 13.0. The Kier molecular flexibility index (Phi) is 4.58. The summed E-state index contributed by atoms with van der Waals surface area (Å²) < 4.78 is 50.4. The highest BCUT2D eigenvalue weighted by Gasteiger charge is 2.47. The molecule has 0 saturated carbocycles. The monoisotopic (exact) mass is 270 g/mol. The predicted molar refractivity (Wildman–Crippen MR) is 58.5 cm³/mol. The van der Waals surface area contributed by atoms with Crippen LogP contribution in [0.5, 0.6) is 0 Å². The summed E-state index contributed by atoms with van der Waals surface area (Å²) in [5, 5.41) is 2.84. The van der Waals surface area contributed by atoms with Crippen LogP contribution in [0.1, 0.15) is 27.2 Å². The molecule has 2 unspecified atom stereocenters. The fourth-order valence-corrected chi connectivity index (χ4v) is 1.98. The molecule has 106 valence electrons. The number of alkyl halides is 4. The van der Waals surface area contributed by atoms with Gasteiger partial charge in [-0.15, -0.1) is 0 Å². The first-order valence-corrected chi connectivity index (χ1v) is 5.87. The Balaban J connectivity index is 2.79. The summed E-state index contributed by atoms with van der Waals surface area (Å²) >= 11 is 0. The lowest BCUT2D eigenvalue weighted by atomic mass is 10.1. The third-order valence-corrected chi connectivity index (χ3v) is 2.87. The van der Waals surface area contributed by atoms with Gasteiger partial charge in [-0.3, -0.25) is 10.1 Å². The molecular formula is C11H18F4N2O. The standard InChI is InChI=1S/C11H18F4N2O/c1-6(2)4-8-16-7(3)9(18)17(8)5-11(14,15)10(12)13/h6-8,10,16H,4-5H2,1-3H3. The Labute approximate surface area is 104 Å². The number of nitrogens with zero attached hydrogens (tertiary/aromatic N) is 1. The number of hydrogen-bond acceptors (Lipinski definition) is 2.